The molecular weight excluding hydrogens is 276 g/mol. The molecule has 20 heavy (non-hydrogen) atoms. The number of sulfonamides is 1. The predicted molar refractivity (Wildman–Crippen MR) is 78.4 cm³/mol. The van der Waals surface area contributed by atoms with Gasteiger partial charge < -0.3 is 5.43 Å². The fourth-order valence-electron chi connectivity index (χ4n) is 2.74. The molecule has 2 atom stereocenters. The van der Waals surface area contributed by atoms with E-state index in [9.17, 15) is 8.42 Å². The van der Waals surface area contributed by atoms with Crippen LogP contribution in [-0.2, 0) is 10.0 Å². The molecule has 1 aromatic heterocycles. The van der Waals surface area contributed by atoms with E-state index in [2.05, 4.69) is 22.1 Å². The highest BCUT2D eigenvalue weighted by atomic mass is 32.2. The summed E-state index contributed by atoms with van der Waals surface area (Å²) in [6.07, 6.45) is 6.60. The fourth-order valence-corrected chi connectivity index (χ4v) is 4.03. The van der Waals surface area contributed by atoms with E-state index >= 15 is 0 Å². The summed E-state index contributed by atoms with van der Waals surface area (Å²) >= 11 is 0. The average molecular weight is 298 g/mol. The van der Waals surface area contributed by atoms with Crippen LogP contribution in [0.3, 0.4) is 0 Å². The Morgan fingerprint density at radius 2 is 2.10 bits per heavy atom. The second kappa shape index (κ2) is 6.51. The summed E-state index contributed by atoms with van der Waals surface area (Å²) in [6.45, 7) is 2.11. The van der Waals surface area contributed by atoms with Crippen LogP contribution in [0.1, 0.15) is 39.0 Å². The number of nitrogen functional groups attached to an aromatic ring is 1. The highest BCUT2D eigenvalue weighted by Crippen LogP contribution is 2.28. The fraction of sp³-hybridized carbons (Fsp3) is 0.615. The Balaban J connectivity index is 2.12. The first kappa shape index (κ1) is 15.2. The normalized spacial score (nSPS) is 23.5. The predicted octanol–water partition coefficient (Wildman–Crippen LogP) is 1.61. The number of hydrogen-bond donors (Lipinski definition) is 3. The highest BCUT2D eigenvalue weighted by molar-refractivity contribution is 7.89. The number of nitrogens with zero attached hydrogens (tertiary/aromatic N) is 1. The molecule has 0 spiro atoms. The Kier molecular flexibility index (Phi) is 4.95. The standard InChI is InChI=1S/C13H22N4O2S/c1-2-10-5-3-4-6-12(10)17-20(18,19)11-7-8-13(16-14)15-9-11/h7-10,12,17H,2-6,14H2,1H3,(H,15,16). The van der Waals surface area contributed by atoms with Crippen LogP contribution in [0.15, 0.2) is 23.2 Å². The van der Waals surface area contributed by atoms with E-state index in [1.165, 1.54) is 18.7 Å². The lowest BCUT2D eigenvalue weighted by atomic mass is 9.83. The van der Waals surface area contributed by atoms with Crippen LogP contribution >= 0.6 is 0 Å². The Hall–Kier alpha value is -1.18. The third-order valence-corrected chi connectivity index (χ3v) is 5.41. The van der Waals surface area contributed by atoms with Crippen molar-refractivity contribution in [3.8, 4) is 0 Å². The van der Waals surface area contributed by atoms with Crippen LogP contribution in [0, 0.1) is 5.92 Å². The average Bonchev–Trinajstić information content (AvgIpc) is 2.47. The molecule has 0 saturated heterocycles. The number of anilines is 1. The second-order valence-electron chi connectivity index (χ2n) is 5.20. The molecule has 0 amide bonds. The number of nitrogens with two attached hydrogens (primary N) is 1. The summed E-state index contributed by atoms with van der Waals surface area (Å²) in [7, 11) is -3.51. The van der Waals surface area contributed by atoms with Crippen LogP contribution < -0.4 is 16.0 Å². The summed E-state index contributed by atoms with van der Waals surface area (Å²) in [5.74, 6) is 6.08. The molecule has 1 aromatic rings. The smallest absolute Gasteiger partial charge is 0.242 e. The summed E-state index contributed by atoms with van der Waals surface area (Å²) in [6, 6.07) is 3.09. The van der Waals surface area contributed by atoms with Crippen molar-refractivity contribution in [2.45, 2.75) is 50.0 Å². The number of nitrogens with one attached hydrogen (secondary N) is 2. The Labute approximate surface area is 120 Å². The van der Waals surface area contributed by atoms with Gasteiger partial charge in [-0.2, -0.15) is 0 Å². The summed E-state index contributed by atoms with van der Waals surface area (Å²) < 4.78 is 27.5. The molecule has 1 aliphatic carbocycles. The first-order valence-corrected chi connectivity index (χ1v) is 8.50. The van der Waals surface area contributed by atoms with Gasteiger partial charge in [0.05, 0.1) is 0 Å². The van der Waals surface area contributed by atoms with Crippen molar-refractivity contribution in [1.29, 1.82) is 0 Å². The van der Waals surface area contributed by atoms with Crippen molar-refractivity contribution in [3.05, 3.63) is 18.3 Å². The Bertz CT molecular complexity index is 530. The van der Waals surface area contributed by atoms with Gasteiger partial charge in [-0.15, -0.1) is 0 Å². The first-order chi connectivity index (χ1) is 9.56. The second-order valence-corrected chi connectivity index (χ2v) is 6.92. The zero-order chi connectivity index (χ0) is 14.6. The Morgan fingerprint density at radius 1 is 1.35 bits per heavy atom. The number of hydrogen-bond acceptors (Lipinski definition) is 5. The van der Waals surface area contributed by atoms with Gasteiger partial charge in [-0.25, -0.2) is 24.0 Å². The van der Waals surface area contributed by atoms with Gasteiger partial charge in [0.1, 0.15) is 10.7 Å². The van der Waals surface area contributed by atoms with Crippen molar-refractivity contribution in [1.82, 2.24) is 9.71 Å². The van der Waals surface area contributed by atoms with Gasteiger partial charge in [-0.05, 0) is 30.9 Å². The molecule has 0 bridgehead atoms. The molecule has 0 aliphatic heterocycles. The minimum absolute atomic E-state index is 0.0334. The number of rotatable bonds is 5. The van der Waals surface area contributed by atoms with Crippen LogP contribution in [0.5, 0.6) is 0 Å². The lowest BCUT2D eigenvalue weighted by molar-refractivity contribution is 0.282. The lowest BCUT2D eigenvalue weighted by Crippen LogP contribution is -2.41. The maximum Gasteiger partial charge on any atom is 0.242 e. The highest BCUT2D eigenvalue weighted by Gasteiger charge is 2.28. The molecule has 6 nitrogen and oxygen atoms in total. The monoisotopic (exact) mass is 298 g/mol. The zero-order valence-corrected chi connectivity index (χ0v) is 12.5. The van der Waals surface area contributed by atoms with Gasteiger partial charge >= 0.3 is 0 Å². The summed E-state index contributed by atoms with van der Waals surface area (Å²) in [5, 5.41) is 0. The molecule has 1 saturated carbocycles. The minimum Gasteiger partial charge on any atom is -0.308 e. The van der Waals surface area contributed by atoms with Crippen molar-refractivity contribution in [3.63, 3.8) is 0 Å². The molecule has 1 heterocycles. The third-order valence-electron chi connectivity index (χ3n) is 3.93. The molecule has 1 fully saturated rings. The summed E-state index contributed by atoms with van der Waals surface area (Å²) in [4.78, 5) is 4.12. The van der Waals surface area contributed by atoms with Crippen LogP contribution in [-0.4, -0.2) is 19.4 Å². The van der Waals surface area contributed by atoms with Crippen LogP contribution in [0.25, 0.3) is 0 Å². The number of hydrazine groups is 1. The minimum atomic E-state index is -3.51. The van der Waals surface area contributed by atoms with E-state index in [0.717, 1.165) is 25.7 Å². The molecule has 7 heteroatoms. The van der Waals surface area contributed by atoms with Gasteiger partial charge in [0, 0.05) is 12.2 Å². The molecule has 112 valence electrons. The SMILES string of the molecule is CCC1CCCCC1NS(=O)(=O)c1ccc(NN)nc1. The van der Waals surface area contributed by atoms with E-state index in [4.69, 9.17) is 5.84 Å². The molecule has 4 N–H and O–H groups in total. The van der Waals surface area contributed by atoms with Crippen molar-refractivity contribution < 1.29 is 8.42 Å². The maximum absolute atomic E-state index is 12.4. The molecule has 1 aliphatic rings. The van der Waals surface area contributed by atoms with Gasteiger partial charge in [0.15, 0.2) is 0 Å². The molecule has 0 radical (unpaired) electrons. The van der Waals surface area contributed by atoms with Gasteiger partial charge in [0.2, 0.25) is 10.0 Å². The van der Waals surface area contributed by atoms with Crippen LogP contribution in [0.2, 0.25) is 0 Å². The summed E-state index contributed by atoms with van der Waals surface area (Å²) in [5.41, 5.74) is 2.38. The quantitative estimate of drug-likeness (QED) is 0.567. The van der Waals surface area contributed by atoms with Gasteiger partial charge in [-0.3, -0.25) is 0 Å². The van der Waals surface area contributed by atoms with E-state index in [0.29, 0.717) is 11.7 Å². The number of aromatic nitrogens is 1. The van der Waals surface area contributed by atoms with E-state index in [1.807, 2.05) is 0 Å². The molecule has 2 unspecified atom stereocenters. The van der Waals surface area contributed by atoms with Crippen molar-refractivity contribution >= 4 is 15.8 Å². The lowest BCUT2D eigenvalue weighted by Gasteiger charge is -2.31. The van der Waals surface area contributed by atoms with E-state index in [1.54, 1.807) is 6.07 Å². The van der Waals surface area contributed by atoms with Gasteiger partial charge in [0.25, 0.3) is 0 Å². The zero-order valence-electron chi connectivity index (χ0n) is 11.7. The van der Waals surface area contributed by atoms with Gasteiger partial charge in [-0.1, -0.05) is 26.2 Å². The molecule has 2 rings (SSSR count). The number of pyridine rings is 1. The first-order valence-electron chi connectivity index (χ1n) is 7.02. The largest absolute Gasteiger partial charge is 0.308 e. The molecular formula is C13H22N4O2S. The molecule has 0 aromatic carbocycles. The van der Waals surface area contributed by atoms with Crippen molar-refractivity contribution in [2.24, 2.45) is 11.8 Å². The maximum atomic E-state index is 12.4. The Morgan fingerprint density at radius 3 is 2.70 bits per heavy atom. The van der Waals surface area contributed by atoms with E-state index in [-0.39, 0.29) is 10.9 Å². The third kappa shape index (κ3) is 3.47. The van der Waals surface area contributed by atoms with E-state index < -0.39 is 10.0 Å². The topological polar surface area (TPSA) is 97.1 Å². The van der Waals surface area contributed by atoms with Crippen LogP contribution in [0.4, 0.5) is 5.82 Å². The van der Waals surface area contributed by atoms with Crippen molar-refractivity contribution in [2.75, 3.05) is 5.43 Å².